The van der Waals surface area contributed by atoms with Crippen LogP contribution in [0.5, 0.6) is 11.5 Å². The number of benzene rings is 1. The molecule has 0 aliphatic heterocycles. The van der Waals surface area contributed by atoms with Crippen LogP contribution in [0.4, 0.5) is 5.82 Å². The summed E-state index contributed by atoms with van der Waals surface area (Å²) in [6.45, 7) is 0. The minimum absolute atomic E-state index is 0.194. The van der Waals surface area contributed by atoms with Crippen LogP contribution in [-0.2, 0) is 4.79 Å². The Morgan fingerprint density at radius 1 is 1.06 bits per heavy atom. The molecule has 1 N–H and O–H groups in total. The van der Waals surface area contributed by atoms with E-state index in [0.29, 0.717) is 29.9 Å². The van der Waals surface area contributed by atoms with E-state index in [1.54, 1.807) is 7.11 Å². The molecular weight excluding hydrogens is 506 g/mol. The molecule has 1 aromatic carbocycles. The summed E-state index contributed by atoms with van der Waals surface area (Å²) in [5, 5.41) is 3.78. The zero-order chi connectivity index (χ0) is 24.2. The van der Waals surface area contributed by atoms with E-state index in [-0.39, 0.29) is 5.97 Å². The third-order valence-electron chi connectivity index (χ3n) is 7.42. The number of fused-ring (bicyclic) bond motifs is 1. The number of anilines is 1. The molecule has 6 nitrogen and oxygen atoms in total. The molecule has 186 valence electrons. The van der Waals surface area contributed by atoms with Gasteiger partial charge in [-0.05, 0) is 71.4 Å². The van der Waals surface area contributed by atoms with Gasteiger partial charge in [0, 0.05) is 28.7 Å². The highest BCUT2D eigenvalue weighted by atomic mass is 79.9. The van der Waals surface area contributed by atoms with Crippen LogP contribution in [0.15, 0.2) is 41.0 Å². The normalized spacial score (nSPS) is 17.1. The zero-order valence-corrected chi connectivity index (χ0v) is 22.0. The summed E-state index contributed by atoms with van der Waals surface area (Å²) in [4.78, 5) is 17.5. The molecule has 2 heterocycles. The summed E-state index contributed by atoms with van der Waals surface area (Å²) in [5.41, 5.74) is 2.67. The van der Waals surface area contributed by atoms with E-state index in [1.807, 2.05) is 30.3 Å². The van der Waals surface area contributed by atoms with E-state index in [9.17, 15) is 4.79 Å². The van der Waals surface area contributed by atoms with Gasteiger partial charge in [0.05, 0.1) is 7.11 Å². The number of halogens is 1. The van der Waals surface area contributed by atoms with Crippen LogP contribution in [0.2, 0.25) is 0 Å². The maximum atomic E-state index is 12.5. The van der Waals surface area contributed by atoms with E-state index in [4.69, 9.17) is 14.5 Å². The lowest BCUT2D eigenvalue weighted by atomic mass is 9.95. The Balaban J connectivity index is 1.40. The van der Waals surface area contributed by atoms with Gasteiger partial charge >= 0.3 is 5.97 Å². The molecule has 0 atom stereocenters. The number of aromatic nitrogens is 2. The van der Waals surface area contributed by atoms with Crippen LogP contribution in [0.25, 0.3) is 16.9 Å². The number of pyridine rings is 1. The van der Waals surface area contributed by atoms with Crippen LogP contribution < -0.4 is 14.8 Å². The van der Waals surface area contributed by atoms with Crippen LogP contribution in [0.3, 0.4) is 0 Å². The fraction of sp³-hybridized carbons (Fsp3) is 0.500. The van der Waals surface area contributed by atoms with E-state index < -0.39 is 0 Å². The second kappa shape index (κ2) is 11.0. The quantitative estimate of drug-likeness (QED) is 0.238. The summed E-state index contributed by atoms with van der Waals surface area (Å²) in [5.74, 6) is 2.45. The fourth-order valence-corrected chi connectivity index (χ4v) is 5.83. The van der Waals surface area contributed by atoms with Gasteiger partial charge in [0.25, 0.3) is 0 Å². The van der Waals surface area contributed by atoms with Gasteiger partial charge in [0.2, 0.25) is 0 Å². The predicted octanol–water partition coefficient (Wildman–Crippen LogP) is 7.39. The number of carbonyl (C=O) groups excluding carboxylic acids is 1. The first kappa shape index (κ1) is 24.2. The number of hydrogen-bond donors (Lipinski definition) is 1. The highest BCUT2D eigenvalue weighted by Gasteiger charge is 2.22. The largest absolute Gasteiger partial charge is 0.493 e. The summed E-state index contributed by atoms with van der Waals surface area (Å²) in [6, 6.07) is 10.2. The number of esters is 1. The summed E-state index contributed by atoms with van der Waals surface area (Å²) < 4.78 is 14.4. The molecule has 2 fully saturated rings. The number of hydrogen-bond acceptors (Lipinski definition) is 5. The van der Waals surface area contributed by atoms with Crippen molar-refractivity contribution in [2.45, 2.75) is 76.7 Å². The average molecular weight is 541 g/mol. The molecule has 0 unspecified atom stereocenters. The van der Waals surface area contributed by atoms with E-state index in [2.05, 4.69) is 31.8 Å². The van der Waals surface area contributed by atoms with Crippen molar-refractivity contribution in [3.05, 3.63) is 41.0 Å². The van der Waals surface area contributed by atoms with E-state index >= 15 is 0 Å². The first-order valence-electron chi connectivity index (χ1n) is 12.9. The molecule has 2 aromatic heterocycles. The molecule has 2 aliphatic rings. The van der Waals surface area contributed by atoms with Crippen molar-refractivity contribution in [3.8, 4) is 22.8 Å². The van der Waals surface area contributed by atoms with Crippen molar-refractivity contribution in [2.75, 3.05) is 12.4 Å². The zero-order valence-electron chi connectivity index (χ0n) is 20.4. The maximum absolute atomic E-state index is 12.5. The van der Waals surface area contributed by atoms with E-state index in [0.717, 1.165) is 33.6 Å². The third kappa shape index (κ3) is 5.66. The highest BCUT2D eigenvalue weighted by molar-refractivity contribution is 9.10. The molecule has 7 heteroatoms. The Bertz CT molecular complexity index is 1180. The number of nitrogens with one attached hydrogen (secondary N) is 1. The minimum Gasteiger partial charge on any atom is -0.493 e. The van der Waals surface area contributed by atoms with Gasteiger partial charge in [-0.15, -0.1) is 0 Å². The fourth-order valence-electron chi connectivity index (χ4n) is 5.49. The first-order valence-corrected chi connectivity index (χ1v) is 13.7. The molecule has 0 bridgehead atoms. The first-order chi connectivity index (χ1) is 17.1. The molecule has 0 amide bonds. The lowest BCUT2D eigenvalue weighted by Crippen LogP contribution is -2.23. The van der Waals surface area contributed by atoms with E-state index in [1.165, 1.54) is 57.8 Å². The lowest BCUT2D eigenvalue weighted by molar-refractivity contribution is -0.134. The lowest BCUT2D eigenvalue weighted by Gasteiger charge is -2.24. The molecule has 0 radical (unpaired) electrons. The highest BCUT2D eigenvalue weighted by Crippen LogP contribution is 2.37. The standard InChI is InChI=1S/C28H34BrN3O3/c1-34-24-17-20(12-14-23(24)35-26(33)16-11-19-7-5-6-8-19)27-28(30-22-9-3-2-4-10-22)32-18-21(29)13-15-25(32)31-27/h12-15,17-19,22,30H,2-11,16H2,1H3. The van der Waals surface area contributed by atoms with Gasteiger partial charge in [0.15, 0.2) is 11.5 Å². The van der Waals surface area contributed by atoms with Gasteiger partial charge in [-0.25, -0.2) is 4.98 Å². The van der Waals surface area contributed by atoms with Gasteiger partial charge in [-0.3, -0.25) is 9.20 Å². The summed E-state index contributed by atoms with van der Waals surface area (Å²) in [7, 11) is 1.61. The molecule has 3 aromatic rings. The van der Waals surface area contributed by atoms with Crippen molar-refractivity contribution in [3.63, 3.8) is 0 Å². The van der Waals surface area contributed by atoms with Gasteiger partial charge in [-0.2, -0.15) is 0 Å². The molecule has 2 aliphatic carbocycles. The monoisotopic (exact) mass is 539 g/mol. The Morgan fingerprint density at radius 3 is 2.60 bits per heavy atom. The molecule has 5 rings (SSSR count). The Kier molecular flexibility index (Phi) is 7.61. The number of methoxy groups -OCH3 is 1. The average Bonchev–Trinajstić information content (AvgIpc) is 3.52. The van der Waals surface area contributed by atoms with Crippen molar-refractivity contribution >= 4 is 33.4 Å². The number of carbonyl (C=O) groups is 1. The smallest absolute Gasteiger partial charge is 0.311 e. The van der Waals surface area contributed by atoms with Crippen LogP contribution in [-0.4, -0.2) is 28.5 Å². The Morgan fingerprint density at radius 2 is 1.83 bits per heavy atom. The van der Waals surface area contributed by atoms with Gasteiger partial charge < -0.3 is 14.8 Å². The number of imidazole rings is 1. The van der Waals surface area contributed by atoms with Crippen LogP contribution >= 0.6 is 15.9 Å². The van der Waals surface area contributed by atoms with Crippen LogP contribution in [0.1, 0.15) is 70.6 Å². The SMILES string of the molecule is COc1cc(-c2nc3ccc(Br)cn3c2NC2CCCCC2)ccc1OC(=O)CCC1CCCC1. The van der Waals surface area contributed by atoms with Crippen LogP contribution in [0, 0.1) is 5.92 Å². The number of rotatable bonds is 8. The van der Waals surface area contributed by atoms with Gasteiger partial charge in [-0.1, -0.05) is 44.9 Å². The molecule has 0 spiro atoms. The Labute approximate surface area is 215 Å². The molecular formula is C28H34BrN3O3. The number of ether oxygens (including phenoxy) is 2. The van der Waals surface area contributed by atoms with Gasteiger partial charge in [0.1, 0.15) is 17.2 Å². The second-order valence-electron chi connectivity index (χ2n) is 9.89. The topological polar surface area (TPSA) is 64.9 Å². The third-order valence-corrected chi connectivity index (χ3v) is 7.89. The molecule has 35 heavy (non-hydrogen) atoms. The Hall–Kier alpha value is -2.54. The summed E-state index contributed by atoms with van der Waals surface area (Å²) in [6.07, 6.45) is 14.6. The predicted molar refractivity (Wildman–Crippen MR) is 142 cm³/mol. The van der Waals surface area contributed by atoms with Crippen molar-refractivity contribution < 1.29 is 14.3 Å². The molecule has 2 saturated carbocycles. The summed E-state index contributed by atoms with van der Waals surface area (Å²) >= 11 is 3.60. The van der Waals surface area contributed by atoms with Crippen molar-refractivity contribution in [1.29, 1.82) is 0 Å². The number of nitrogens with zero attached hydrogens (tertiary/aromatic N) is 2. The maximum Gasteiger partial charge on any atom is 0.311 e. The van der Waals surface area contributed by atoms with Crippen molar-refractivity contribution in [1.82, 2.24) is 9.38 Å². The minimum atomic E-state index is -0.194. The molecule has 0 saturated heterocycles. The van der Waals surface area contributed by atoms with Crippen molar-refractivity contribution in [2.24, 2.45) is 5.92 Å². The second-order valence-corrected chi connectivity index (χ2v) is 10.8.